The van der Waals surface area contributed by atoms with Crippen molar-refractivity contribution in [3.05, 3.63) is 59.7 Å². The van der Waals surface area contributed by atoms with Crippen LogP contribution in [0, 0.1) is 6.92 Å². The molecule has 0 saturated carbocycles. The second-order valence-corrected chi connectivity index (χ2v) is 7.17. The average molecular weight is 383 g/mol. The van der Waals surface area contributed by atoms with Gasteiger partial charge in [-0.1, -0.05) is 30.3 Å². The highest BCUT2D eigenvalue weighted by Crippen LogP contribution is 2.18. The number of aldehydes is 1. The number of ether oxygens (including phenoxy) is 2. The molecule has 0 aliphatic carbocycles. The molecule has 1 aliphatic heterocycles. The smallest absolute Gasteiger partial charge is 0.140 e. The zero-order chi connectivity index (χ0) is 19.8. The largest absolute Gasteiger partial charge is 0.494 e. The molecular formula is C23H30N2O3. The normalized spacial score (nSPS) is 16.5. The highest BCUT2D eigenvalue weighted by Gasteiger charge is 2.24. The van der Waals surface area contributed by atoms with Crippen molar-refractivity contribution in [2.75, 3.05) is 39.4 Å². The molecule has 0 amide bonds. The van der Waals surface area contributed by atoms with E-state index in [9.17, 15) is 4.79 Å². The Morgan fingerprint density at radius 2 is 1.71 bits per heavy atom. The number of rotatable bonds is 9. The number of carbonyl (C=O) groups excluding carboxylic acids is 1. The van der Waals surface area contributed by atoms with Crippen molar-refractivity contribution in [1.29, 1.82) is 0 Å². The molecule has 2 aromatic rings. The molecule has 28 heavy (non-hydrogen) atoms. The third kappa shape index (κ3) is 5.57. The predicted molar refractivity (Wildman–Crippen MR) is 111 cm³/mol. The van der Waals surface area contributed by atoms with E-state index in [0.29, 0.717) is 13.2 Å². The first-order valence-corrected chi connectivity index (χ1v) is 10.0. The van der Waals surface area contributed by atoms with E-state index in [1.54, 1.807) is 0 Å². The minimum absolute atomic E-state index is 0.202. The highest BCUT2D eigenvalue weighted by atomic mass is 16.5. The summed E-state index contributed by atoms with van der Waals surface area (Å²) in [5, 5.41) is 0. The van der Waals surface area contributed by atoms with Crippen LogP contribution in [0.4, 0.5) is 0 Å². The number of carbonyl (C=O) groups is 1. The SMILES string of the molecule is CCOc1ccc(CN2CCN(C(C=O)COc3ccccc3C)CC2)cc1. The van der Waals surface area contributed by atoms with Gasteiger partial charge in [0.1, 0.15) is 30.4 Å². The molecule has 1 atom stereocenters. The first-order chi connectivity index (χ1) is 13.7. The Labute approximate surface area is 167 Å². The predicted octanol–water partition coefficient (Wildman–Crippen LogP) is 3.16. The van der Waals surface area contributed by atoms with Gasteiger partial charge in [0.25, 0.3) is 0 Å². The fraction of sp³-hybridized carbons (Fsp3) is 0.435. The Morgan fingerprint density at radius 1 is 1.00 bits per heavy atom. The van der Waals surface area contributed by atoms with Crippen molar-refractivity contribution < 1.29 is 14.3 Å². The maximum absolute atomic E-state index is 11.6. The van der Waals surface area contributed by atoms with Crippen LogP contribution in [0.2, 0.25) is 0 Å². The first kappa shape index (κ1) is 20.4. The molecule has 2 aromatic carbocycles. The summed E-state index contributed by atoms with van der Waals surface area (Å²) in [7, 11) is 0. The van der Waals surface area contributed by atoms with Crippen LogP contribution in [-0.2, 0) is 11.3 Å². The van der Waals surface area contributed by atoms with Crippen molar-refractivity contribution in [2.45, 2.75) is 26.4 Å². The molecule has 1 aliphatic rings. The molecule has 0 N–H and O–H groups in total. The lowest BCUT2D eigenvalue weighted by molar-refractivity contribution is -0.114. The quantitative estimate of drug-likeness (QED) is 0.623. The summed E-state index contributed by atoms with van der Waals surface area (Å²) in [6.07, 6.45) is 1.01. The van der Waals surface area contributed by atoms with Crippen LogP contribution in [-0.4, -0.2) is 61.5 Å². The first-order valence-electron chi connectivity index (χ1n) is 10.0. The number of aryl methyl sites for hydroxylation is 1. The molecule has 0 radical (unpaired) electrons. The monoisotopic (exact) mass is 382 g/mol. The molecule has 1 saturated heterocycles. The molecule has 0 bridgehead atoms. The van der Waals surface area contributed by atoms with Crippen LogP contribution in [0.3, 0.4) is 0 Å². The number of hydrogen-bond acceptors (Lipinski definition) is 5. The molecule has 1 heterocycles. The fourth-order valence-electron chi connectivity index (χ4n) is 3.49. The number of para-hydroxylation sites is 1. The van der Waals surface area contributed by atoms with Crippen LogP contribution < -0.4 is 9.47 Å². The zero-order valence-corrected chi connectivity index (χ0v) is 16.8. The molecule has 0 aromatic heterocycles. The topological polar surface area (TPSA) is 42.0 Å². The molecule has 5 nitrogen and oxygen atoms in total. The Kier molecular flexibility index (Phi) is 7.46. The number of hydrogen-bond donors (Lipinski definition) is 0. The van der Waals surface area contributed by atoms with E-state index in [-0.39, 0.29) is 6.04 Å². The third-order valence-corrected chi connectivity index (χ3v) is 5.18. The van der Waals surface area contributed by atoms with Gasteiger partial charge in [-0.25, -0.2) is 0 Å². The number of benzene rings is 2. The fourth-order valence-corrected chi connectivity index (χ4v) is 3.49. The van der Waals surface area contributed by atoms with Crippen LogP contribution in [0.5, 0.6) is 11.5 Å². The van der Waals surface area contributed by atoms with E-state index < -0.39 is 0 Å². The summed E-state index contributed by atoms with van der Waals surface area (Å²) in [6, 6.07) is 16.0. The van der Waals surface area contributed by atoms with E-state index in [2.05, 4.69) is 21.9 Å². The Balaban J connectivity index is 1.46. The van der Waals surface area contributed by atoms with Gasteiger partial charge in [-0.15, -0.1) is 0 Å². The van der Waals surface area contributed by atoms with Gasteiger partial charge < -0.3 is 14.3 Å². The van der Waals surface area contributed by atoms with E-state index in [0.717, 1.165) is 56.1 Å². The van der Waals surface area contributed by atoms with Gasteiger partial charge in [0.15, 0.2) is 0 Å². The van der Waals surface area contributed by atoms with E-state index in [1.807, 2.05) is 50.2 Å². The standard InChI is InChI=1S/C23H30N2O3/c1-3-27-22-10-8-20(9-11-22)16-24-12-14-25(15-13-24)21(17-26)18-28-23-7-5-4-6-19(23)2/h4-11,17,21H,3,12-16,18H2,1-2H3. The summed E-state index contributed by atoms with van der Waals surface area (Å²) in [4.78, 5) is 16.3. The van der Waals surface area contributed by atoms with Gasteiger partial charge in [-0.05, 0) is 43.2 Å². The van der Waals surface area contributed by atoms with Crippen molar-refractivity contribution in [3.8, 4) is 11.5 Å². The zero-order valence-electron chi connectivity index (χ0n) is 16.8. The minimum Gasteiger partial charge on any atom is -0.494 e. The molecule has 150 valence electrons. The summed E-state index contributed by atoms with van der Waals surface area (Å²) < 4.78 is 11.4. The number of nitrogens with zero attached hydrogens (tertiary/aromatic N) is 2. The van der Waals surface area contributed by atoms with Crippen LogP contribution in [0.15, 0.2) is 48.5 Å². The average Bonchev–Trinajstić information content (AvgIpc) is 2.72. The molecule has 1 fully saturated rings. The third-order valence-electron chi connectivity index (χ3n) is 5.18. The van der Waals surface area contributed by atoms with E-state index >= 15 is 0 Å². The summed E-state index contributed by atoms with van der Waals surface area (Å²) in [5.74, 6) is 1.77. The lowest BCUT2D eigenvalue weighted by atomic mass is 10.1. The van der Waals surface area contributed by atoms with Gasteiger partial charge in [-0.2, -0.15) is 0 Å². The van der Waals surface area contributed by atoms with Crippen molar-refractivity contribution in [1.82, 2.24) is 9.80 Å². The van der Waals surface area contributed by atoms with Gasteiger partial charge in [0.05, 0.1) is 6.61 Å². The number of piperazine rings is 1. The lowest BCUT2D eigenvalue weighted by Crippen LogP contribution is -2.52. The maximum Gasteiger partial charge on any atom is 0.140 e. The summed E-state index contributed by atoms with van der Waals surface area (Å²) >= 11 is 0. The Hall–Kier alpha value is -2.37. The van der Waals surface area contributed by atoms with Crippen molar-refractivity contribution >= 4 is 6.29 Å². The molecular weight excluding hydrogens is 352 g/mol. The summed E-state index contributed by atoms with van der Waals surface area (Å²) in [6.45, 7) is 9.65. The lowest BCUT2D eigenvalue weighted by Gasteiger charge is -2.37. The molecule has 3 rings (SSSR count). The maximum atomic E-state index is 11.6. The van der Waals surface area contributed by atoms with Crippen molar-refractivity contribution in [2.24, 2.45) is 0 Å². The van der Waals surface area contributed by atoms with Crippen LogP contribution >= 0.6 is 0 Å². The minimum atomic E-state index is -0.202. The van der Waals surface area contributed by atoms with Gasteiger partial charge in [0.2, 0.25) is 0 Å². The van der Waals surface area contributed by atoms with Crippen LogP contribution in [0.25, 0.3) is 0 Å². The molecule has 0 spiro atoms. The van der Waals surface area contributed by atoms with Gasteiger partial charge in [-0.3, -0.25) is 9.80 Å². The second kappa shape index (κ2) is 10.2. The summed E-state index contributed by atoms with van der Waals surface area (Å²) in [5.41, 5.74) is 2.37. The molecule has 1 unspecified atom stereocenters. The molecule has 5 heteroatoms. The van der Waals surface area contributed by atoms with E-state index in [4.69, 9.17) is 9.47 Å². The van der Waals surface area contributed by atoms with Crippen molar-refractivity contribution in [3.63, 3.8) is 0 Å². The highest BCUT2D eigenvalue weighted by molar-refractivity contribution is 5.58. The Morgan fingerprint density at radius 3 is 2.36 bits per heavy atom. The van der Waals surface area contributed by atoms with Crippen LogP contribution in [0.1, 0.15) is 18.1 Å². The van der Waals surface area contributed by atoms with Gasteiger partial charge >= 0.3 is 0 Å². The Bertz CT molecular complexity index is 740. The van der Waals surface area contributed by atoms with E-state index in [1.165, 1.54) is 5.56 Å². The van der Waals surface area contributed by atoms with Gasteiger partial charge in [0, 0.05) is 32.7 Å². The second-order valence-electron chi connectivity index (χ2n) is 7.17.